The molecule has 0 aliphatic rings. The van der Waals surface area contributed by atoms with Crippen LogP contribution in [-0.4, -0.2) is 4.51 Å². The largest absolute Gasteiger partial charge is 0.0922 e. The Labute approximate surface area is 265 Å². The molecule has 0 radical (unpaired) electrons. The molecule has 0 aliphatic carbocycles. The second-order valence-electron chi connectivity index (χ2n) is 5.08. The molecule has 132 valence electrons. The van der Waals surface area contributed by atoms with Crippen molar-refractivity contribution in [3.63, 3.8) is 0 Å². The van der Waals surface area contributed by atoms with Crippen molar-refractivity contribution in [2.45, 2.75) is 6.92 Å². The van der Waals surface area contributed by atoms with Crippen LogP contribution in [0, 0.1) is 39.1 Å². The zero-order valence-corrected chi connectivity index (χ0v) is 31.5. The molecule has 9 heteroatoms. The summed E-state index contributed by atoms with van der Waals surface area (Å²) in [6, 6.07) is 0. The van der Waals surface area contributed by atoms with Crippen LogP contribution in [0.15, 0.2) is 0 Å². The van der Waals surface area contributed by atoms with E-state index in [2.05, 4.69) is 192 Å². The monoisotopic (exact) mass is 1340 g/mol. The summed E-state index contributed by atoms with van der Waals surface area (Å²) >= 11 is 20.1. The topological polar surface area (TPSA) is 0 Å². The van der Waals surface area contributed by atoms with E-state index >= 15 is 0 Å². The van der Waals surface area contributed by atoms with Gasteiger partial charge in [-0.2, -0.15) is 0 Å². The standard InChI is InChI=1S/C16H5I9/c1-3-8(17)4-7(13(22)16(3)25-2)10(19)6-5(9(4)18)11(20)14(23)15(24)12(6)21/h2H2,1H3. The van der Waals surface area contributed by atoms with Crippen molar-refractivity contribution in [1.29, 1.82) is 0 Å². The highest BCUT2D eigenvalue weighted by atomic mass is 127. The lowest BCUT2D eigenvalue weighted by Gasteiger charge is -2.20. The van der Waals surface area contributed by atoms with Crippen LogP contribution in [0.4, 0.5) is 0 Å². The van der Waals surface area contributed by atoms with E-state index in [0.717, 1.165) is 0 Å². The number of fused-ring (bicyclic) bond motifs is 2. The molecule has 3 aromatic rings. The van der Waals surface area contributed by atoms with Gasteiger partial charge in [-0.05, 0) is 193 Å². The molecule has 0 N–H and O–H groups in total. The van der Waals surface area contributed by atoms with E-state index in [1.165, 1.54) is 59.2 Å². The van der Waals surface area contributed by atoms with E-state index in [0.29, 0.717) is 0 Å². The Kier molecular flexibility index (Phi) is 9.35. The summed E-state index contributed by atoms with van der Waals surface area (Å²) in [4.78, 5) is 0. The lowest BCUT2D eigenvalue weighted by molar-refractivity contribution is 1.40. The summed E-state index contributed by atoms with van der Waals surface area (Å²) in [7, 11) is 0. The van der Waals surface area contributed by atoms with Gasteiger partial charge in [0.1, 0.15) is 0 Å². The van der Waals surface area contributed by atoms with Gasteiger partial charge in [0.05, 0.1) is 0 Å². The molecule has 0 spiro atoms. The Morgan fingerprint density at radius 3 is 1.28 bits per heavy atom. The molecule has 3 aromatic carbocycles. The van der Waals surface area contributed by atoms with E-state index in [4.69, 9.17) is 0 Å². The van der Waals surface area contributed by atoms with Crippen LogP contribution in [0.25, 0.3) is 21.5 Å². The first-order valence-electron chi connectivity index (χ1n) is 6.47. The third-order valence-electron chi connectivity index (χ3n) is 3.82. The van der Waals surface area contributed by atoms with Crippen molar-refractivity contribution in [1.82, 2.24) is 0 Å². The Morgan fingerprint density at radius 2 is 0.880 bits per heavy atom. The summed E-state index contributed by atoms with van der Waals surface area (Å²) in [6.45, 7) is 2.27. The molecule has 0 saturated heterocycles. The summed E-state index contributed by atoms with van der Waals surface area (Å²) in [5.41, 5.74) is 1.43. The van der Waals surface area contributed by atoms with Gasteiger partial charge in [0.2, 0.25) is 0 Å². The predicted octanol–water partition coefficient (Wildman–Crippen LogP) is 9.71. The molecule has 0 aromatic heterocycles. The molecule has 0 atom stereocenters. The molecular formula is C16H5I9. The van der Waals surface area contributed by atoms with E-state index in [1.807, 2.05) is 0 Å². The minimum Gasteiger partial charge on any atom is -0.0922 e. The first kappa shape index (κ1) is 24.3. The van der Waals surface area contributed by atoms with Gasteiger partial charge in [-0.3, -0.25) is 0 Å². The lowest BCUT2D eigenvalue weighted by Crippen LogP contribution is -2.03. The van der Waals surface area contributed by atoms with Gasteiger partial charge in [-0.25, -0.2) is 0 Å². The summed E-state index contributed by atoms with van der Waals surface area (Å²) < 4.78 is 16.9. The molecule has 25 heavy (non-hydrogen) atoms. The molecule has 0 bridgehead atoms. The maximum atomic E-state index is 4.29. The Morgan fingerprint density at radius 1 is 0.520 bits per heavy atom. The van der Waals surface area contributed by atoms with Crippen LogP contribution in [0.5, 0.6) is 0 Å². The van der Waals surface area contributed by atoms with E-state index in [9.17, 15) is 0 Å². The van der Waals surface area contributed by atoms with Gasteiger partial charge in [0, 0.05) is 53.7 Å². The van der Waals surface area contributed by atoms with Crippen LogP contribution >= 0.6 is 201 Å². The zero-order valence-electron chi connectivity index (χ0n) is 12.1. The van der Waals surface area contributed by atoms with Gasteiger partial charge in [0.25, 0.3) is 0 Å². The average molecular weight is 1340 g/mol. The first-order valence-corrected chi connectivity index (χ1v) is 17.7. The Hall–Kier alpha value is 4.62. The van der Waals surface area contributed by atoms with Crippen molar-refractivity contribution >= 4 is 228 Å². The fourth-order valence-electron chi connectivity index (χ4n) is 2.64. The fraction of sp³-hybridized carbons (Fsp3) is 0.0625. The van der Waals surface area contributed by atoms with Crippen molar-refractivity contribution in [3.8, 4) is 0 Å². The van der Waals surface area contributed by atoms with Crippen molar-refractivity contribution < 1.29 is 0 Å². The molecule has 3 rings (SSSR count). The molecule has 0 saturated carbocycles. The van der Waals surface area contributed by atoms with Crippen LogP contribution in [-0.2, 0) is 0 Å². The van der Waals surface area contributed by atoms with Gasteiger partial charge in [0.15, 0.2) is 0 Å². The molecule has 0 nitrogen and oxygen atoms in total. The predicted molar refractivity (Wildman–Crippen MR) is 188 cm³/mol. The quantitative estimate of drug-likeness (QED) is 0.0987. The Bertz CT molecular complexity index is 1100. The summed E-state index contributed by atoms with van der Waals surface area (Å²) in [5, 5.41) is 5.68. The lowest BCUT2D eigenvalue weighted by atomic mass is 10.0. The van der Waals surface area contributed by atoms with Gasteiger partial charge < -0.3 is 0 Å². The summed E-state index contributed by atoms with van der Waals surface area (Å²) in [6.07, 6.45) is 0. The Balaban J connectivity index is 2.82. The molecular weight excluding hydrogens is 1330 g/mol. The van der Waals surface area contributed by atoms with Crippen LogP contribution in [0.1, 0.15) is 5.56 Å². The minimum absolute atomic E-state index is 0.193. The van der Waals surface area contributed by atoms with Gasteiger partial charge >= 0.3 is 0 Å². The van der Waals surface area contributed by atoms with Crippen molar-refractivity contribution in [2.24, 2.45) is 0 Å². The second kappa shape index (κ2) is 9.63. The maximum Gasteiger partial charge on any atom is 0.0415 e. The van der Waals surface area contributed by atoms with Crippen LogP contribution in [0.3, 0.4) is 0 Å². The fourth-order valence-corrected chi connectivity index (χ4v) is 15.3. The number of rotatable bonds is 1. The number of halogens is 9. The van der Waals surface area contributed by atoms with Crippen molar-refractivity contribution in [2.75, 3.05) is 0 Å². The highest BCUT2D eigenvalue weighted by Crippen LogP contribution is 2.46. The van der Waals surface area contributed by atoms with E-state index in [-0.39, 0.29) is 20.7 Å². The minimum atomic E-state index is -0.193. The van der Waals surface area contributed by atoms with Gasteiger partial charge in [-0.15, -0.1) is 0 Å². The highest BCUT2D eigenvalue weighted by molar-refractivity contribution is 14.2. The van der Waals surface area contributed by atoms with Crippen LogP contribution in [0.2, 0.25) is 0 Å². The third kappa shape index (κ3) is 4.07. The van der Waals surface area contributed by atoms with E-state index < -0.39 is 0 Å². The smallest absolute Gasteiger partial charge is 0.0415 e. The second-order valence-corrected chi connectivity index (χ2v) is 15.6. The number of hydrogen-bond acceptors (Lipinski definition) is 0. The molecule has 0 unspecified atom stereocenters. The maximum absolute atomic E-state index is 4.29. The third-order valence-corrected chi connectivity index (χ3v) is 19.0. The van der Waals surface area contributed by atoms with Gasteiger partial charge in [-0.1, -0.05) is 25.2 Å². The molecule has 0 fully saturated rings. The normalized spacial score (nSPS) is 11.7. The number of hydrogen-bond donors (Lipinski definition) is 0. The van der Waals surface area contributed by atoms with E-state index in [1.54, 1.807) is 0 Å². The first-order chi connectivity index (χ1) is 11.6. The molecule has 0 aliphatic heterocycles. The molecule has 0 amide bonds. The number of benzene rings is 3. The molecule has 0 heterocycles. The summed E-state index contributed by atoms with van der Waals surface area (Å²) in [5.74, 6) is 0. The van der Waals surface area contributed by atoms with Crippen LogP contribution < -0.4 is 0 Å². The van der Waals surface area contributed by atoms with Crippen molar-refractivity contribution in [3.05, 3.63) is 37.7 Å². The average Bonchev–Trinajstić information content (AvgIpc) is 2.57. The highest BCUT2D eigenvalue weighted by Gasteiger charge is 2.24. The SMILES string of the molecule is C=Ic1c(C)c(I)c2c(I)c3c(I)c(I)c(I)c(I)c3c(I)c2c1I. The zero-order chi connectivity index (χ0) is 18.8.